The van der Waals surface area contributed by atoms with Gasteiger partial charge in [-0.2, -0.15) is 0 Å². The molecule has 2 atom stereocenters. The number of carbonyl (C=O) groups is 1. The number of pyridine rings is 1. The monoisotopic (exact) mass is 325 g/mol. The zero-order valence-electron chi connectivity index (χ0n) is 14.4. The van der Waals surface area contributed by atoms with Crippen LogP contribution in [0.25, 0.3) is 0 Å². The number of aliphatic hydroxyl groups excluding tert-OH is 2. The number of amides is 1. The van der Waals surface area contributed by atoms with Gasteiger partial charge in [0.05, 0.1) is 6.10 Å². The first-order chi connectivity index (χ1) is 10.5. The number of aromatic nitrogens is 1. The van der Waals surface area contributed by atoms with Crippen LogP contribution in [0.5, 0.6) is 0 Å². The maximum atomic E-state index is 11.5. The van der Waals surface area contributed by atoms with E-state index in [0.717, 1.165) is 5.56 Å². The minimum atomic E-state index is -1.09. The van der Waals surface area contributed by atoms with Crippen molar-refractivity contribution in [2.45, 2.75) is 58.8 Å². The molecule has 5 N–H and O–H groups in total. The van der Waals surface area contributed by atoms with Gasteiger partial charge in [0.1, 0.15) is 17.5 Å². The smallest absolute Gasteiger partial charge is 0.407 e. The van der Waals surface area contributed by atoms with Crippen molar-refractivity contribution in [3.63, 3.8) is 0 Å². The number of alkyl carbamates (subject to hydrolysis) is 1. The number of nitrogens with zero attached hydrogens (tertiary/aromatic N) is 1. The van der Waals surface area contributed by atoms with Gasteiger partial charge in [-0.15, -0.1) is 0 Å². The largest absolute Gasteiger partial charge is 0.444 e. The number of rotatable bonds is 5. The molecule has 2 unspecified atom stereocenters. The second-order valence-electron chi connectivity index (χ2n) is 6.59. The van der Waals surface area contributed by atoms with Crippen LogP contribution in [0, 0.1) is 13.8 Å². The molecular weight excluding hydrogens is 298 g/mol. The highest BCUT2D eigenvalue weighted by Crippen LogP contribution is 2.26. The summed E-state index contributed by atoms with van der Waals surface area (Å²) in [6.07, 6.45) is -2.50. The molecule has 0 aliphatic rings. The number of carbonyl (C=O) groups excluding carboxylic acids is 1. The van der Waals surface area contributed by atoms with Crippen molar-refractivity contribution in [1.82, 2.24) is 10.3 Å². The molecule has 23 heavy (non-hydrogen) atoms. The summed E-state index contributed by atoms with van der Waals surface area (Å²) in [6.45, 7) is 9.02. The second-order valence-corrected chi connectivity index (χ2v) is 6.59. The van der Waals surface area contributed by atoms with Crippen molar-refractivity contribution < 1.29 is 19.7 Å². The number of hydrogen-bond donors (Lipinski definition) is 4. The quantitative estimate of drug-likeness (QED) is 0.653. The Morgan fingerprint density at radius 1 is 1.39 bits per heavy atom. The van der Waals surface area contributed by atoms with Crippen LogP contribution < -0.4 is 11.1 Å². The van der Waals surface area contributed by atoms with Gasteiger partial charge in [0.15, 0.2) is 0 Å². The van der Waals surface area contributed by atoms with Crippen LogP contribution in [0.3, 0.4) is 0 Å². The lowest BCUT2D eigenvalue weighted by Gasteiger charge is -2.23. The predicted octanol–water partition coefficient (Wildman–Crippen LogP) is 1.59. The molecule has 0 radical (unpaired) electrons. The van der Waals surface area contributed by atoms with Crippen molar-refractivity contribution in [2.24, 2.45) is 0 Å². The molecule has 0 spiro atoms. The molecule has 1 aromatic rings. The van der Waals surface area contributed by atoms with Gasteiger partial charge < -0.3 is 26.0 Å². The van der Waals surface area contributed by atoms with Crippen molar-refractivity contribution in [1.29, 1.82) is 0 Å². The topological polar surface area (TPSA) is 118 Å². The van der Waals surface area contributed by atoms with Gasteiger partial charge in [0.2, 0.25) is 0 Å². The highest BCUT2D eigenvalue weighted by Gasteiger charge is 2.23. The Hall–Kier alpha value is -1.86. The summed E-state index contributed by atoms with van der Waals surface area (Å²) in [5.74, 6) is 0.372. The molecule has 0 aliphatic heterocycles. The fourth-order valence-electron chi connectivity index (χ4n) is 2.30. The van der Waals surface area contributed by atoms with E-state index in [-0.39, 0.29) is 13.0 Å². The number of nitrogens with two attached hydrogens (primary N) is 1. The summed E-state index contributed by atoms with van der Waals surface area (Å²) >= 11 is 0. The van der Waals surface area contributed by atoms with E-state index in [2.05, 4.69) is 10.3 Å². The van der Waals surface area contributed by atoms with Crippen LogP contribution in [-0.2, 0) is 4.74 Å². The Balaban J connectivity index is 2.59. The third-order valence-corrected chi connectivity index (χ3v) is 3.24. The molecule has 0 aliphatic carbocycles. The number of nitrogens with one attached hydrogen (secondary N) is 1. The van der Waals surface area contributed by atoms with Crippen molar-refractivity contribution in [3.8, 4) is 0 Å². The molecule has 0 bridgehead atoms. The molecule has 1 amide bonds. The molecule has 7 heteroatoms. The number of nitrogen functional groups attached to an aromatic ring is 1. The minimum absolute atomic E-state index is 0.184. The summed E-state index contributed by atoms with van der Waals surface area (Å²) in [5, 5.41) is 23.0. The van der Waals surface area contributed by atoms with Gasteiger partial charge in [-0.25, -0.2) is 9.78 Å². The van der Waals surface area contributed by atoms with Gasteiger partial charge in [-0.1, -0.05) is 0 Å². The Morgan fingerprint density at radius 3 is 2.52 bits per heavy atom. The summed E-state index contributed by atoms with van der Waals surface area (Å²) in [4.78, 5) is 15.6. The fourth-order valence-corrected chi connectivity index (χ4v) is 2.30. The maximum Gasteiger partial charge on any atom is 0.407 e. The molecular formula is C16H27N3O4. The van der Waals surface area contributed by atoms with E-state index < -0.39 is 23.9 Å². The minimum Gasteiger partial charge on any atom is -0.444 e. The molecule has 7 nitrogen and oxygen atoms in total. The van der Waals surface area contributed by atoms with E-state index in [1.165, 1.54) is 0 Å². The summed E-state index contributed by atoms with van der Waals surface area (Å²) in [5.41, 5.74) is 6.98. The summed E-state index contributed by atoms with van der Waals surface area (Å²) < 4.78 is 5.10. The first-order valence-corrected chi connectivity index (χ1v) is 7.58. The normalized spacial score (nSPS) is 14.2. The van der Waals surface area contributed by atoms with Crippen LogP contribution in [0.4, 0.5) is 10.6 Å². The third kappa shape index (κ3) is 6.03. The molecule has 0 saturated carbocycles. The van der Waals surface area contributed by atoms with Crippen molar-refractivity contribution in [3.05, 3.63) is 22.9 Å². The average molecular weight is 325 g/mol. The van der Waals surface area contributed by atoms with Gasteiger partial charge in [0, 0.05) is 17.8 Å². The first-order valence-electron chi connectivity index (χ1n) is 7.58. The van der Waals surface area contributed by atoms with Crippen LogP contribution >= 0.6 is 0 Å². The lowest BCUT2D eigenvalue weighted by Crippen LogP contribution is -2.34. The predicted molar refractivity (Wildman–Crippen MR) is 87.9 cm³/mol. The number of hydrogen-bond acceptors (Lipinski definition) is 6. The number of aryl methyl sites for hydroxylation is 2. The van der Waals surface area contributed by atoms with E-state index in [1.54, 1.807) is 40.7 Å². The molecule has 130 valence electrons. The molecule has 1 rings (SSSR count). The Labute approximate surface area is 136 Å². The highest BCUT2D eigenvalue weighted by atomic mass is 16.6. The van der Waals surface area contributed by atoms with E-state index in [0.29, 0.717) is 17.1 Å². The lowest BCUT2D eigenvalue weighted by atomic mass is 9.96. The average Bonchev–Trinajstić information content (AvgIpc) is 2.34. The highest BCUT2D eigenvalue weighted by molar-refractivity contribution is 5.67. The summed E-state index contributed by atoms with van der Waals surface area (Å²) in [6, 6.07) is 1.65. The van der Waals surface area contributed by atoms with Crippen LogP contribution in [-0.4, -0.2) is 39.5 Å². The Morgan fingerprint density at radius 2 is 2.00 bits per heavy atom. The first kappa shape index (κ1) is 19.2. The SMILES string of the molecule is Cc1cc(N)nc(C)c1C(O)C(O)CCNC(=O)OC(C)(C)C. The van der Waals surface area contributed by atoms with Crippen LogP contribution in [0.2, 0.25) is 0 Å². The zero-order chi connectivity index (χ0) is 17.8. The van der Waals surface area contributed by atoms with Gasteiger partial charge >= 0.3 is 6.09 Å². The van der Waals surface area contributed by atoms with Gasteiger partial charge in [-0.3, -0.25) is 0 Å². The molecule has 0 fully saturated rings. The number of ether oxygens (including phenoxy) is 1. The maximum absolute atomic E-state index is 11.5. The molecule has 1 heterocycles. The van der Waals surface area contributed by atoms with E-state index in [1.807, 2.05) is 0 Å². The Kier molecular flexibility index (Phi) is 6.35. The lowest BCUT2D eigenvalue weighted by molar-refractivity contribution is 0.0114. The van der Waals surface area contributed by atoms with Gasteiger partial charge in [0.25, 0.3) is 0 Å². The molecule has 0 aromatic carbocycles. The van der Waals surface area contributed by atoms with Crippen molar-refractivity contribution in [2.75, 3.05) is 12.3 Å². The summed E-state index contributed by atoms with van der Waals surface area (Å²) in [7, 11) is 0. The van der Waals surface area contributed by atoms with E-state index >= 15 is 0 Å². The van der Waals surface area contributed by atoms with Crippen LogP contribution in [0.1, 0.15) is 50.1 Å². The second kappa shape index (κ2) is 7.61. The number of anilines is 1. The number of aliphatic hydroxyl groups is 2. The standard InChI is InChI=1S/C16H27N3O4/c1-9-8-12(17)19-10(2)13(9)14(21)11(20)6-7-18-15(22)23-16(3,4)5/h8,11,14,20-21H,6-7H2,1-5H3,(H2,17,19)(H,18,22). The molecule has 1 aromatic heterocycles. The van der Waals surface area contributed by atoms with E-state index in [9.17, 15) is 15.0 Å². The van der Waals surface area contributed by atoms with Gasteiger partial charge in [-0.05, 0) is 52.7 Å². The zero-order valence-corrected chi connectivity index (χ0v) is 14.4. The third-order valence-electron chi connectivity index (χ3n) is 3.24. The molecule has 0 saturated heterocycles. The van der Waals surface area contributed by atoms with Crippen LogP contribution in [0.15, 0.2) is 6.07 Å². The van der Waals surface area contributed by atoms with E-state index in [4.69, 9.17) is 10.5 Å². The van der Waals surface area contributed by atoms with Crippen molar-refractivity contribution >= 4 is 11.9 Å². The fraction of sp³-hybridized carbons (Fsp3) is 0.625. The Bertz CT molecular complexity index is 532.